The first-order valence-corrected chi connectivity index (χ1v) is 43.9. The third kappa shape index (κ3) is 98.9. The van der Waals surface area contributed by atoms with Crippen molar-refractivity contribution in [3.8, 4) is 5.75 Å². The van der Waals surface area contributed by atoms with Crippen LogP contribution in [0, 0.1) is 0 Å². The minimum atomic E-state index is 0.0167. The molecule has 0 radical (unpaired) electrons. The summed E-state index contributed by atoms with van der Waals surface area (Å²) in [6, 6.07) is 8.52. The molecule has 0 saturated carbocycles. The Bertz CT molecular complexity index is 1890. The zero-order valence-corrected chi connectivity index (χ0v) is 72.2. The van der Waals surface area contributed by atoms with Crippen LogP contribution in [0.25, 0.3) is 0 Å². The normalized spacial score (nSPS) is 11.8. The third-order valence-electron chi connectivity index (χ3n) is 16.6. The number of aryl methyl sites for hydroxylation is 1. The van der Waals surface area contributed by atoms with E-state index in [2.05, 4.69) is 31.2 Å². The summed E-state index contributed by atoms with van der Waals surface area (Å²) in [4.78, 5) is 0. The zero-order chi connectivity index (χ0) is 82.4. The van der Waals surface area contributed by atoms with E-state index < -0.39 is 0 Å². The van der Waals surface area contributed by atoms with Gasteiger partial charge in [-0.15, -0.1) is 0 Å². The minimum Gasteiger partial charge on any atom is -0.491 e. The predicted octanol–water partition coefficient (Wildman–Crippen LogP) is 8.73. The Morgan fingerprint density at radius 3 is 0.483 bits per heavy atom. The van der Waals surface area contributed by atoms with Gasteiger partial charge in [-0.3, -0.25) is 0 Å². The fraction of sp³-hybridized carbons (Fsp3) is 0.929. The number of rotatable bonds is 108. The van der Waals surface area contributed by atoms with Crippen molar-refractivity contribution >= 4 is 0 Å². The van der Waals surface area contributed by atoms with Crippen LogP contribution in [0.3, 0.4) is 0 Å². The molecule has 0 aliphatic carbocycles. The average Bonchev–Trinajstić information content (AvgIpc) is 0.914. The number of ether oxygens (including phenoxy) is 30. The third-order valence-corrected chi connectivity index (χ3v) is 16.6. The number of unbranched alkanes of at least 4 members (excludes halogenated alkanes) is 15. The Hall–Kier alpha value is -2.18. The van der Waals surface area contributed by atoms with Crippen LogP contribution in [0.15, 0.2) is 24.3 Å². The highest BCUT2D eigenvalue weighted by Crippen LogP contribution is 2.16. The summed E-state index contributed by atoms with van der Waals surface area (Å²) in [6.45, 7) is 32.4. The van der Waals surface area contributed by atoms with E-state index >= 15 is 0 Å². The molecule has 116 heavy (non-hydrogen) atoms. The van der Waals surface area contributed by atoms with Crippen molar-refractivity contribution in [2.45, 2.75) is 122 Å². The molecule has 0 saturated heterocycles. The van der Waals surface area contributed by atoms with Gasteiger partial charge in [0, 0.05) is 13.2 Å². The van der Waals surface area contributed by atoms with E-state index in [-0.39, 0.29) is 6.61 Å². The SMILES string of the molecule is CCCCCCCCCc1ccc(OCCOCCOCCOCCCCCCCCCCCCOCCOCCOCCOCCOCCOCCOCCOCCOCCOCCOCCOCCOCCOCCOCCOCCOCCOCCOCCOCCOCCOCCOCCOCCOCCOCCO)cc1. The molecule has 1 rings (SSSR count). The lowest BCUT2D eigenvalue weighted by molar-refractivity contribution is -0.0322. The molecular weight excluding hydrogens is 1520 g/mol. The second kappa shape index (κ2) is 105. The number of hydrogen-bond acceptors (Lipinski definition) is 31. The summed E-state index contributed by atoms with van der Waals surface area (Å²) in [6.07, 6.45) is 23.0. The summed E-state index contributed by atoms with van der Waals surface area (Å²) in [5.74, 6) is 0.902. The summed E-state index contributed by atoms with van der Waals surface area (Å²) >= 11 is 0. The molecule has 0 aliphatic rings. The predicted molar refractivity (Wildman–Crippen MR) is 441 cm³/mol. The highest BCUT2D eigenvalue weighted by molar-refractivity contribution is 5.27. The number of benzene rings is 1. The second-order valence-electron chi connectivity index (χ2n) is 26.4. The van der Waals surface area contributed by atoms with Crippen molar-refractivity contribution in [2.75, 3.05) is 396 Å². The first kappa shape index (κ1) is 112. The van der Waals surface area contributed by atoms with E-state index in [9.17, 15) is 0 Å². The van der Waals surface area contributed by atoms with E-state index in [1.54, 1.807) is 0 Å². The molecule has 0 unspecified atom stereocenters. The zero-order valence-electron chi connectivity index (χ0n) is 72.2. The van der Waals surface area contributed by atoms with Gasteiger partial charge in [-0.25, -0.2) is 0 Å². The van der Waals surface area contributed by atoms with Gasteiger partial charge < -0.3 is 147 Å². The lowest BCUT2D eigenvalue weighted by Crippen LogP contribution is -2.16. The lowest BCUT2D eigenvalue weighted by atomic mass is 10.0. The Labute approximate surface area is 698 Å². The number of aliphatic hydroxyl groups excluding tert-OH is 1. The lowest BCUT2D eigenvalue weighted by Gasteiger charge is -2.09. The molecule has 1 N–H and O–H groups in total. The molecule has 1 aromatic rings. The molecule has 0 aromatic heterocycles. The van der Waals surface area contributed by atoms with Crippen LogP contribution in [-0.2, 0) is 144 Å². The van der Waals surface area contributed by atoms with Crippen molar-refractivity contribution in [3.63, 3.8) is 0 Å². The Morgan fingerprint density at radius 2 is 0.302 bits per heavy atom. The summed E-state index contributed by atoms with van der Waals surface area (Å²) < 4.78 is 167. The highest BCUT2D eigenvalue weighted by atomic mass is 16.6. The standard InChI is InChI=1S/C85H164O31/c1-2-3-4-5-10-13-16-19-84-20-22-85(23-21-84)116-83-82-115-81-80-91-32-29-88-26-18-15-12-9-7-6-8-11-14-17-25-87-28-31-90-34-36-93-38-40-95-42-44-97-46-48-99-50-52-101-54-56-103-58-60-105-62-64-107-66-68-109-70-72-111-74-76-113-78-79-114-77-75-112-73-71-110-69-67-108-65-63-106-61-59-104-57-55-102-53-51-100-49-47-98-45-43-96-41-39-94-37-35-92-33-30-89-27-24-86/h20-23,86H,2-19,24-83H2,1H3. The molecule has 0 heterocycles. The smallest absolute Gasteiger partial charge is 0.119 e. The van der Waals surface area contributed by atoms with E-state index in [0.717, 1.165) is 38.2 Å². The van der Waals surface area contributed by atoms with Crippen LogP contribution < -0.4 is 4.74 Å². The van der Waals surface area contributed by atoms with Gasteiger partial charge in [-0.1, -0.05) is 109 Å². The Balaban J connectivity index is 1.59. The van der Waals surface area contributed by atoms with Crippen molar-refractivity contribution in [2.24, 2.45) is 0 Å². The van der Waals surface area contributed by atoms with Gasteiger partial charge in [0.15, 0.2) is 0 Å². The van der Waals surface area contributed by atoms with E-state index in [1.807, 2.05) is 0 Å². The van der Waals surface area contributed by atoms with Crippen molar-refractivity contribution in [3.05, 3.63) is 29.8 Å². The maximum atomic E-state index is 8.63. The van der Waals surface area contributed by atoms with E-state index in [4.69, 9.17) is 147 Å². The first-order valence-electron chi connectivity index (χ1n) is 43.9. The molecule has 0 atom stereocenters. The maximum absolute atomic E-state index is 8.63. The van der Waals surface area contributed by atoms with E-state index in [0.29, 0.717) is 377 Å². The molecule has 0 spiro atoms. The average molecular weight is 1680 g/mol. The van der Waals surface area contributed by atoms with Gasteiger partial charge in [0.1, 0.15) is 12.4 Å². The summed E-state index contributed by atoms with van der Waals surface area (Å²) in [5.41, 5.74) is 1.39. The largest absolute Gasteiger partial charge is 0.491 e. The molecule has 0 fully saturated rings. The molecule has 1 aromatic carbocycles. The molecular formula is C85H164O31. The quantitative estimate of drug-likeness (QED) is 0.0596. The topological polar surface area (TPSA) is 297 Å². The van der Waals surface area contributed by atoms with E-state index in [1.165, 1.54) is 102 Å². The molecule has 31 nitrogen and oxygen atoms in total. The van der Waals surface area contributed by atoms with Crippen LogP contribution in [0.2, 0.25) is 0 Å². The van der Waals surface area contributed by atoms with Gasteiger partial charge in [-0.05, 0) is 43.4 Å². The van der Waals surface area contributed by atoms with Crippen molar-refractivity contribution < 1.29 is 147 Å². The minimum absolute atomic E-state index is 0.0167. The Morgan fingerprint density at radius 1 is 0.155 bits per heavy atom. The highest BCUT2D eigenvalue weighted by Gasteiger charge is 2.05. The fourth-order valence-corrected chi connectivity index (χ4v) is 10.3. The van der Waals surface area contributed by atoms with Crippen LogP contribution in [0.4, 0.5) is 0 Å². The van der Waals surface area contributed by atoms with Crippen molar-refractivity contribution in [1.29, 1.82) is 0 Å². The number of hydrogen-bond donors (Lipinski definition) is 1. The molecule has 0 bridgehead atoms. The maximum Gasteiger partial charge on any atom is 0.119 e. The molecule has 690 valence electrons. The summed E-state index contributed by atoms with van der Waals surface area (Å²) in [5, 5.41) is 8.63. The second-order valence-corrected chi connectivity index (χ2v) is 26.4. The van der Waals surface area contributed by atoms with Crippen LogP contribution in [0.1, 0.15) is 122 Å². The monoisotopic (exact) mass is 1680 g/mol. The van der Waals surface area contributed by atoms with Crippen LogP contribution in [0.5, 0.6) is 5.75 Å². The van der Waals surface area contributed by atoms with Gasteiger partial charge >= 0.3 is 0 Å². The van der Waals surface area contributed by atoms with Gasteiger partial charge in [0.25, 0.3) is 0 Å². The van der Waals surface area contributed by atoms with Gasteiger partial charge in [-0.2, -0.15) is 0 Å². The van der Waals surface area contributed by atoms with Crippen LogP contribution >= 0.6 is 0 Å². The van der Waals surface area contributed by atoms with Gasteiger partial charge in [0.05, 0.1) is 377 Å². The number of aliphatic hydroxyl groups is 1. The van der Waals surface area contributed by atoms with Crippen LogP contribution in [-0.4, -0.2) is 402 Å². The molecule has 31 heteroatoms. The molecule has 0 amide bonds. The first-order chi connectivity index (χ1) is 57.9. The Kier molecular flexibility index (Phi) is 101. The van der Waals surface area contributed by atoms with Gasteiger partial charge in [0.2, 0.25) is 0 Å². The van der Waals surface area contributed by atoms with Crippen molar-refractivity contribution in [1.82, 2.24) is 0 Å². The fourth-order valence-electron chi connectivity index (χ4n) is 10.3. The molecule has 0 aliphatic heterocycles. The summed E-state index contributed by atoms with van der Waals surface area (Å²) in [7, 11) is 0.